The molecule has 1 atom stereocenters. The molecule has 6 heteroatoms. The molecular formula is C10H20N2O3S. The van der Waals surface area contributed by atoms with Crippen molar-refractivity contribution >= 4 is 23.6 Å². The molecule has 94 valence electrons. The van der Waals surface area contributed by atoms with E-state index >= 15 is 0 Å². The summed E-state index contributed by atoms with van der Waals surface area (Å²) in [6.45, 7) is 3.61. The van der Waals surface area contributed by atoms with Crippen LogP contribution in [-0.4, -0.2) is 40.6 Å². The van der Waals surface area contributed by atoms with Crippen molar-refractivity contribution in [3.8, 4) is 0 Å². The Balaban J connectivity index is 3.77. The fourth-order valence-electron chi connectivity index (χ4n) is 0.976. The highest BCUT2D eigenvalue weighted by atomic mass is 32.2. The number of nitrogens with two attached hydrogens (primary N) is 1. The average Bonchev–Trinajstić information content (AvgIpc) is 2.24. The van der Waals surface area contributed by atoms with Crippen LogP contribution in [0.1, 0.15) is 26.7 Å². The van der Waals surface area contributed by atoms with Gasteiger partial charge < -0.3 is 16.2 Å². The van der Waals surface area contributed by atoms with Crippen molar-refractivity contribution in [1.29, 1.82) is 0 Å². The van der Waals surface area contributed by atoms with E-state index in [1.54, 1.807) is 6.92 Å². The fraction of sp³-hybridized carbons (Fsp3) is 0.800. The maximum Gasteiger partial charge on any atom is 0.227 e. The molecule has 0 aromatic carbocycles. The summed E-state index contributed by atoms with van der Waals surface area (Å²) in [6.07, 6.45) is 0.997. The van der Waals surface area contributed by atoms with Crippen LogP contribution in [0.15, 0.2) is 0 Å². The second-order valence-corrected chi connectivity index (χ2v) is 4.99. The smallest absolute Gasteiger partial charge is 0.227 e. The highest BCUT2D eigenvalue weighted by Gasteiger charge is 2.22. The van der Waals surface area contributed by atoms with E-state index in [0.717, 1.165) is 0 Å². The monoisotopic (exact) mass is 248 g/mol. The third-order valence-corrected chi connectivity index (χ3v) is 3.27. The highest BCUT2D eigenvalue weighted by molar-refractivity contribution is 7.99. The van der Waals surface area contributed by atoms with Crippen LogP contribution in [-0.2, 0) is 9.59 Å². The van der Waals surface area contributed by atoms with Gasteiger partial charge in [0.05, 0.1) is 17.9 Å². The van der Waals surface area contributed by atoms with E-state index in [4.69, 9.17) is 10.8 Å². The molecule has 0 aliphatic rings. The standard InChI is InChI=1S/C10H20N2O3S/c1-3-10(2,7-13)12-9(15)4-5-16-6-8(11)14/h13H,3-7H2,1-2H3,(H2,11,14)(H,12,15). The van der Waals surface area contributed by atoms with E-state index in [2.05, 4.69) is 5.32 Å². The molecule has 0 aromatic heterocycles. The first-order valence-electron chi connectivity index (χ1n) is 5.21. The zero-order valence-electron chi connectivity index (χ0n) is 9.78. The first kappa shape index (κ1) is 15.2. The Labute approximate surface area is 100 Å². The van der Waals surface area contributed by atoms with Crippen LogP contribution in [0.25, 0.3) is 0 Å². The van der Waals surface area contributed by atoms with Crippen LogP contribution in [0.4, 0.5) is 0 Å². The third-order valence-electron chi connectivity index (χ3n) is 2.29. The Bertz CT molecular complexity index is 242. The molecule has 0 spiro atoms. The molecule has 4 N–H and O–H groups in total. The number of carbonyl (C=O) groups excluding carboxylic acids is 2. The lowest BCUT2D eigenvalue weighted by atomic mass is 10.0. The van der Waals surface area contributed by atoms with Gasteiger partial charge in [-0.05, 0) is 13.3 Å². The number of rotatable bonds is 8. The molecule has 5 nitrogen and oxygen atoms in total. The van der Waals surface area contributed by atoms with Gasteiger partial charge in [0, 0.05) is 12.2 Å². The third kappa shape index (κ3) is 6.68. The van der Waals surface area contributed by atoms with Gasteiger partial charge in [-0.1, -0.05) is 6.92 Å². The van der Waals surface area contributed by atoms with Gasteiger partial charge in [0.2, 0.25) is 11.8 Å². The van der Waals surface area contributed by atoms with Crippen LogP contribution in [0.2, 0.25) is 0 Å². The van der Waals surface area contributed by atoms with Gasteiger partial charge in [-0.2, -0.15) is 11.8 Å². The fourth-order valence-corrected chi connectivity index (χ4v) is 1.65. The van der Waals surface area contributed by atoms with E-state index in [1.165, 1.54) is 11.8 Å². The Kier molecular flexibility index (Phi) is 7.16. The Morgan fingerprint density at radius 1 is 1.50 bits per heavy atom. The molecule has 16 heavy (non-hydrogen) atoms. The van der Waals surface area contributed by atoms with Crippen LogP contribution in [0.3, 0.4) is 0 Å². The van der Waals surface area contributed by atoms with Crippen molar-refractivity contribution in [3.63, 3.8) is 0 Å². The van der Waals surface area contributed by atoms with Crippen LogP contribution < -0.4 is 11.1 Å². The lowest BCUT2D eigenvalue weighted by molar-refractivity contribution is -0.123. The summed E-state index contributed by atoms with van der Waals surface area (Å²) in [5.74, 6) is 0.299. The second kappa shape index (κ2) is 7.51. The molecule has 0 radical (unpaired) electrons. The normalized spacial score (nSPS) is 14.2. The summed E-state index contributed by atoms with van der Waals surface area (Å²) in [4.78, 5) is 21.9. The summed E-state index contributed by atoms with van der Waals surface area (Å²) < 4.78 is 0. The van der Waals surface area contributed by atoms with Crippen LogP contribution in [0.5, 0.6) is 0 Å². The number of nitrogens with one attached hydrogen (secondary N) is 1. The number of aliphatic hydroxyl groups is 1. The number of primary amides is 1. The predicted molar refractivity (Wildman–Crippen MR) is 65.1 cm³/mol. The maximum atomic E-state index is 11.5. The lowest BCUT2D eigenvalue weighted by Crippen LogP contribution is -2.48. The number of aliphatic hydroxyl groups excluding tert-OH is 1. The van der Waals surface area contributed by atoms with E-state index in [1.807, 2.05) is 6.92 Å². The summed E-state index contributed by atoms with van der Waals surface area (Å²) >= 11 is 1.33. The number of hydrogen-bond acceptors (Lipinski definition) is 4. The molecule has 0 fully saturated rings. The quantitative estimate of drug-likeness (QED) is 0.522. The predicted octanol–water partition coefficient (Wildman–Crippen LogP) is -0.128. The lowest BCUT2D eigenvalue weighted by Gasteiger charge is -2.27. The average molecular weight is 248 g/mol. The molecule has 0 heterocycles. The number of thioether (sulfide) groups is 1. The second-order valence-electron chi connectivity index (χ2n) is 3.89. The minimum Gasteiger partial charge on any atom is -0.394 e. The van der Waals surface area contributed by atoms with Gasteiger partial charge in [-0.3, -0.25) is 9.59 Å². The minimum absolute atomic E-state index is 0.0797. The number of hydrogen-bond donors (Lipinski definition) is 3. The van der Waals surface area contributed by atoms with Gasteiger partial charge in [0.1, 0.15) is 0 Å². The molecule has 0 saturated carbocycles. The highest BCUT2D eigenvalue weighted by Crippen LogP contribution is 2.09. The minimum atomic E-state index is -0.550. The number of carbonyl (C=O) groups is 2. The Morgan fingerprint density at radius 3 is 2.56 bits per heavy atom. The van der Waals surface area contributed by atoms with Gasteiger partial charge in [-0.15, -0.1) is 0 Å². The van der Waals surface area contributed by atoms with Crippen molar-refractivity contribution < 1.29 is 14.7 Å². The van der Waals surface area contributed by atoms with Crippen LogP contribution >= 0.6 is 11.8 Å². The Hall–Kier alpha value is -0.750. The van der Waals surface area contributed by atoms with Crippen molar-refractivity contribution in [2.45, 2.75) is 32.2 Å². The largest absolute Gasteiger partial charge is 0.394 e. The molecule has 0 bridgehead atoms. The van der Waals surface area contributed by atoms with Crippen LogP contribution in [0, 0.1) is 0 Å². The molecule has 0 saturated heterocycles. The topological polar surface area (TPSA) is 92.4 Å². The van der Waals surface area contributed by atoms with Crippen molar-refractivity contribution in [1.82, 2.24) is 5.32 Å². The summed E-state index contributed by atoms with van der Waals surface area (Å²) in [5.41, 5.74) is 4.41. The molecule has 1 unspecified atom stereocenters. The van der Waals surface area contributed by atoms with Crippen molar-refractivity contribution in [3.05, 3.63) is 0 Å². The van der Waals surface area contributed by atoms with Gasteiger partial charge in [-0.25, -0.2) is 0 Å². The van der Waals surface area contributed by atoms with E-state index in [-0.39, 0.29) is 24.2 Å². The van der Waals surface area contributed by atoms with E-state index in [9.17, 15) is 9.59 Å². The summed E-state index contributed by atoms with van der Waals surface area (Å²) in [6, 6.07) is 0. The summed E-state index contributed by atoms with van der Waals surface area (Å²) in [7, 11) is 0. The molecular weight excluding hydrogens is 228 g/mol. The van der Waals surface area contributed by atoms with Gasteiger partial charge in [0.25, 0.3) is 0 Å². The summed E-state index contributed by atoms with van der Waals surface area (Å²) in [5, 5.41) is 11.9. The van der Waals surface area contributed by atoms with E-state index < -0.39 is 5.54 Å². The van der Waals surface area contributed by atoms with Crippen molar-refractivity contribution in [2.24, 2.45) is 5.73 Å². The molecule has 0 aromatic rings. The zero-order valence-corrected chi connectivity index (χ0v) is 10.6. The Morgan fingerprint density at radius 2 is 2.12 bits per heavy atom. The molecule has 0 rings (SSSR count). The first-order chi connectivity index (χ1) is 7.43. The molecule has 0 aliphatic carbocycles. The molecule has 0 aliphatic heterocycles. The van der Waals surface area contributed by atoms with Crippen molar-refractivity contribution in [2.75, 3.05) is 18.1 Å². The number of amides is 2. The maximum absolute atomic E-state index is 11.5. The van der Waals surface area contributed by atoms with Gasteiger partial charge >= 0.3 is 0 Å². The first-order valence-corrected chi connectivity index (χ1v) is 6.37. The van der Waals surface area contributed by atoms with E-state index in [0.29, 0.717) is 18.6 Å². The zero-order chi connectivity index (χ0) is 12.6. The SMILES string of the molecule is CCC(C)(CO)NC(=O)CCSCC(N)=O. The molecule has 2 amide bonds. The van der Waals surface area contributed by atoms with Gasteiger partial charge in [0.15, 0.2) is 0 Å².